The Kier molecular flexibility index (Phi) is 3.95. The van der Waals surface area contributed by atoms with Gasteiger partial charge in [0, 0.05) is 30.9 Å². The van der Waals surface area contributed by atoms with Crippen molar-refractivity contribution < 1.29 is 4.79 Å². The molecular weight excluding hydrogens is 248 g/mol. The zero-order valence-corrected chi connectivity index (χ0v) is 12.3. The van der Waals surface area contributed by atoms with Gasteiger partial charge in [-0.15, -0.1) is 0 Å². The quantitative estimate of drug-likeness (QED) is 0.850. The maximum atomic E-state index is 12.8. The van der Waals surface area contributed by atoms with Gasteiger partial charge in [-0.1, -0.05) is 13.0 Å². The van der Waals surface area contributed by atoms with Gasteiger partial charge in [0.1, 0.15) is 0 Å². The van der Waals surface area contributed by atoms with E-state index in [1.807, 2.05) is 12.1 Å². The average molecular weight is 272 g/mol. The van der Waals surface area contributed by atoms with Gasteiger partial charge >= 0.3 is 0 Å². The Labute approximate surface area is 121 Å². The molecule has 0 spiro atoms. The first-order chi connectivity index (χ1) is 9.75. The van der Waals surface area contributed by atoms with Crippen LogP contribution in [0.25, 0.3) is 0 Å². The first-order valence-corrected chi connectivity index (χ1v) is 7.91. The van der Waals surface area contributed by atoms with E-state index in [-0.39, 0.29) is 5.91 Å². The molecule has 1 saturated heterocycles. The van der Waals surface area contributed by atoms with E-state index >= 15 is 0 Å². The third-order valence-electron chi connectivity index (χ3n) is 4.63. The van der Waals surface area contributed by atoms with Crippen molar-refractivity contribution in [1.82, 2.24) is 4.90 Å². The molecule has 108 valence electrons. The lowest BCUT2D eigenvalue weighted by Gasteiger charge is -2.25. The van der Waals surface area contributed by atoms with E-state index in [1.165, 1.54) is 12.0 Å². The SMILES string of the molecule is CC1CCCN(C(=O)c2cccc3c2CCCN3)CC1. The lowest BCUT2D eigenvalue weighted by molar-refractivity contribution is 0.0759. The highest BCUT2D eigenvalue weighted by molar-refractivity contribution is 5.97. The zero-order chi connectivity index (χ0) is 13.9. The minimum absolute atomic E-state index is 0.236. The summed E-state index contributed by atoms with van der Waals surface area (Å²) in [5, 5.41) is 3.41. The second kappa shape index (κ2) is 5.86. The first kappa shape index (κ1) is 13.5. The minimum atomic E-state index is 0.236. The Balaban J connectivity index is 1.83. The molecular formula is C17H24N2O. The summed E-state index contributed by atoms with van der Waals surface area (Å²) in [6, 6.07) is 6.10. The number of carbonyl (C=O) groups excluding carboxylic acids is 1. The molecule has 1 aromatic rings. The van der Waals surface area contributed by atoms with Gasteiger partial charge in [0.15, 0.2) is 0 Å². The monoisotopic (exact) mass is 272 g/mol. The van der Waals surface area contributed by atoms with Gasteiger partial charge in [0.05, 0.1) is 0 Å². The van der Waals surface area contributed by atoms with Gasteiger partial charge in [0.25, 0.3) is 5.91 Å². The molecule has 3 nitrogen and oxygen atoms in total. The standard InChI is InChI=1S/C17H24N2O/c1-13-5-4-11-19(12-9-13)17(20)15-6-2-8-16-14(15)7-3-10-18-16/h2,6,8,13,18H,3-5,7,9-12H2,1H3. The van der Waals surface area contributed by atoms with Crippen LogP contribution in [0.1, 0.15) is 48.5 Å². The number of amides is 1. The highest BCUT2D eigenvalue weighted by atomic mass is 16.2. The summed E-state index contributed by atoms with van der Waals surface area (Å²) in [6.07, 6.45) is 5.67. The van der Waals surface area contributed by atoms with Crippen LogP contribution in [0.2, 0.25) is 0 Å². The third kappa shape index (κ3) is 2.67. The van der Waals surface area contributed by atoms with Crippen molar-refractivity contribution in [2.75, 3.05) is 25.0 Å². The van der Waals surface area contributed by atoms with Gasteiger partial charge in [-0.3, -0.25) is 4.79 Å². The van der Waals surface area contributed by atoms with Crippen LogP contribution < -0.4 is 5.32 Å². The van der Waals surface area contributed by atoms with E-state index in [1.54, 1.807) is 0 Å². The third-order valence-corrected chi connectivity index (χ3v) is 4.63. The number of nitrogens with one attached hydrogen (secondary N) is 1. The zero-order valence-electron chi connectivity index (χ0n) is 12.3. The fraction of sp³-hybridized carbons (Fsp3) is 0.588. The molecule has 0 bridgehead atoms. The molecule has 1 atom stereocenters. The van der Waals surface area contributed by atoms with Crippen molar-refractivity contribution in [1.29, 1.82) is 0 Å². The van der Waals surface area contributed by atoms with Crippen LogP contribution in [-0.4, -0.2) is 30.4 Å². The van der Waals surface area contributed by atoms with Crippen LogP contribution in [0.15, 0.2) is 18.2 Å². The summed E-state index contributed by atoms with van der Waals surface area (Å²) in [7, 11) is 0. The van der Waals surface area contributed by atoms with E-state index in [2.05, 4.69) is 23.2 Å². The van der Waals surface area contributed by atoms with Crippen molar-refractivity contribution in [2.45, 2.75) is 39.0 Å². The van der Waals surface area contributed by atoms with Crippen LogP contribution in [-0.2, 0) is 6.42 Å². The molecule has 0 aromatic heterocycles. The van der Waals surface area contributed by atoms with Gasteiger partial charge in [-0.2, -0.15) is 0 Å². The molecule has 0 saturated carbocycles. The van der Waals surface area contributed by atoms with E-state index in [0.717, 1.165) is 62.5 Å². The number of anilines is 1. The average Bonchev–Trinajstić information content (AvgIpc) is 2.71. The number of benzene rings is 1. The molecule has 1 fully saturated rings. The lowest BCUT2D eigenvalue weighted by Crippen LogP contribution is -2.33. The number of carbonyl (C=O) groups is 1. The largest absolute Gasteiger partial charge is 0.385 e. The topological polar surface area (TPSA) is 32.3 Å². The van der Waals surface area contributed by atoms with E-state index in [4.69, 9.17) is 0 Å². The molecule has 2 aliphatic rings. The maximum absolute atomic E-state index is 12.8. The summed E-state index contributed by atoms with van der Waals surface area (Å²) in [5.41, 5.74) is 3.30. The highest BCUT2D eigenvalue weighted by Gasteiger charge is 2.23. The molecule has 3 heteroatoms. The molecule has 1 amide bonds. The van der Waals surface area contributed by atoms with Gasteiger partial charge in [-0.05, 0) is 55.7 Å². The van der Waals surface area contributed by atoms with Crippen molar-refractivity contribution >= 4 is 11.6 Å². The van der Waals surface area contributed by atoms with Crippen molar-refractivity contribution in [3.63, 3.8) is 0 Å². The first-order valence-electron chi connectivity index (χ1n) is 7.91. The van der Waals surface area contributed by atoms with E-state index in [9.17, 15) is 4.79 Å². The molecule has 1 unspecified atom stereocenters. The second-order valence-electron chi connectivity index (χ2n) is 6.19. The normalized spacial score (nSPS) is 22.6. The van der Waals surface area contributed by atoms with Crippen molar-refractivity contribution in [3.8, 4) is 0 Å². The number of nitrogens with zero attached hydrogens (tertiary/aromatic N) is 1. The minimum Gasteiger partial charge on any atom is -0.385 e. The number of hydrogen-bond donors (Lipinski definition) is 1. The Morgan fingerprint density at radius 1 is 1.25 bits per heavy atom. The molecule has 0 aliphatic carbocycles. The predicted molar refractivity (Wildman–Crippen MR) is 82.2 cm³/mol. The van der Waals surface area contributed by atoms with Crippen LogP contribution in [0.4, 0.5) is 5.69 Å². The molecule has 1 N–H and O–H groups in total. The molecule has 2 heterocycles. The van der Waals surface area contributed by atoms with Gasteiger partial charge < -0.3 is 10.2 Å². The fourth-order valence-electron chi connectivity index (χ4n) is 3.35. The fourth-order valence-corrected chi connectivity index (χ4v) is 3.35. The smallest absolute Gasteiger partial charge is 0.254 e. The maximum Gasteiger partial charge on any atom is 0.254 e. The van der Waals surface area contributed by atoms with Crippen molar-refractivity contribution in [3.05, 3.63) is 29.3 Å². The lowest BCUT2D eigenvalue weighted by atomic mass is 9.96. The van der Waals surface area contributed by atoms with Crippen LogP contribution in [0.5, 0.6) is 0 Å². The van der Waals surface area contributed by atoms with Crippen LogP contribution >= 0.6 is 0 Å². The Bertz CT molecular complexity index is 498. The number of fused-ring (bicyclic) bond motifs is 1. The highest BCUT2D eigenvalue weighted by Crippen LogP contribution is 2.27. The van der Waals surface area contributed by atoms with Gasteiger partial charge in [-0.25, -0.2) is 0 Å². The number of likely N-dealkylation sites (tertiary alicyclic amines) is 1. The van der Waals surface area contributed by atoms with Gasteiger partial charge in [0.2, 0.25) is 0 Å². The summed E-state index contributed by atoms with van der Waals surface area (Å²) in [5.74, 6) is 0.985. The predicted octanol–water partition coefficient (Wildman–Crippen LogP) is 3.31. The summed E-state index contributed by atoms with van der Waals surface area (Å²) in [6.45, 7) is 5.14. The van der Waals surface area contributed by atoms with Crippen molar-refractivity contribution in [2.24, 2.45) is 5.92 Å². The number of rotatable bonds is 1. The molecule has 2 aliphatic heterocycles. The van der Waals surface area contributed by atoms with Crippen LogP contribution in [0, 0.1) is 5.92 Å². The Hall–Kier alpha value is -1.51. The Morgan fingerprint density at radius 3 is 3.05 bits per heavy atom. The van der Waals surface area contributed by atoms with E-state index < -0.39 is 0 Å². The van der Waals surface area contributed by atoms with E-state index in [0.29, 0.717) is 0 Å². The molecule has 0 radical (unpaired) electrons. The second-order valence-corrected chi connectivity index (χ2v) is 6.19. The molecule has 1 aromatic carbocycles. The summed E-state index contributed by atoms with van der Waals surface area (Å²) < 4.78 is 0. The summed E-state index contributed by atoms with van der Waals surface area (Å²) in [4.78, 5) is 14.9. The number of hydrogen-bond acceptors (Lipinski definition) is 2. The molecule has 3 rings (SSSR count). The summed E-state index contributed by atoms with van der Waals surface area (Å²) >= 11 is 0. The molecule has 20 heavy (non-hydrogen) atoms. The Morgan fingerprint density at radius 2 is 2.15 bits per heavy atom. The van der Waals surface area contributed by atoms with Crippen LogP contribution in [0.3, 0.4) is 0 Å².